The number of thiazole rings is 1. The normalized spacial score (nSPS) is 11.9. The summed E-state index contributed by atoms with van der Waals surface area (Å²) < 4.78 is 12.9. The van der Waals surface area contributed by atoms with Gasteiger partial charge < -0.3 is 15.5 Å². The fourth-order valence-corrected chi connectivity index (χ4v) is 2.42. The second-order valence-electron chi connectivity index (χ2n) is 4.23. The van der Waals surface area contributed by atoms with Crippen LogP contribution < -0.4 is 5.32 Å². The average Bonchev–Trinajstić information content (AvgIpc) is 2.88. The van der Waals surface area contributed by atoms with Crippen molar-refractivity contribution in [1.29, 1.82) is 0 Å². The first-order valence-corrected chi connectivity index (χ1v) is 6.74. The molecular formula is C13H11FN2O4S. The standard InChI is InChI=1S/C13H11FN2O4S/c1-6(12-16-9(5-21-12)13(19)20)15-11(18)8-3-2-7(14)4-10(8)17/h2-6,17H,1H3,(H,15,18)(H,19,20). The highest BCUT2D eigenvalue weighted by atomic mass is 32.1. The van der Waals surface area contributed by atoms with Crippen LogP contribution in [0.25, 0.3) is 0 Å². The Morgan fingerprint density at radius 2 is 2.14 bits per heavy atom. The van der Waals surface area contributed by atoms with Crippen LogP contribution in [-0.4, -0.2) is 27.1 Å². The molecule has 1 atom stereocenters. The van der Waals surface area contributed by atoms with Crippen molar-refractivity contribution in [2.45, 2.75) is 13.0 Å². The number of carbonyl (C=O) groups is 2. The van der Waals surface area contributed by atoms with E-state index in [1.165, 1.54) is 5.38 Å². The summed E-state index contributed by atoms with van der Waals surface area (Å²) in [4.78, 5) is 26.6. The third-order valence-corrected chi connectivity index (χ3v) is 3.69. The van der Waals surface area contributed by atoms with Crippen molar-refractivity contribution in [3.63, 3.8) is 0 Å². The van der Waals surface area contributed by atoms with Gasteiger partial charge >= 0.3 is 5.97 Å². The van der Waals surface area contributed by atoms with Crippen molar-refractivity contribution in [3.8, 4) is 5.75 Å². The number of rotatable bonds is 4. The van der Waals surface area contributed by atoms with E-state index in [4.69, 9.17) is 5.11 Å². The maximum atomic E-state index is 12.9. The van der Waals surface area contributed by atoms with Gasteiger partial charge in [-0.3, -0.25) is 4.79 Å². The number of amides is 1. The van der Waals surface area contributed by atoms with Gasteiger partial charge in [0.1, 0.15) is 16.6 Å². The van der Waals surface area contributed by atoms with Crippen LogP contribution in [0, 0.1) is 5.82 Å². The van der Waals surface area contributed by atoms with Gasteiger partial charge in [-0.2, -0.15) is 0 Å². The lowest BCUT2D eigenvalue weighted by molar-refractivity contribution is 0.0691. The van der Waals surface area contributed by atoms with Crippen LogP contribution in [-0.2, 0) is 0 Å². The van der Waals surface area contributed by atoms with Gasteiger partial charge in [-0.15, -0.1) is 11.3 Å². The number of aromatic carboxylic acids is 1. The molecule has 0 fully saturated rings. The molecular weight excluding hydrogens is 299 g/mol. The summed E-state index contributed by atoms with van der Waals surface area (Å²) in [6.45, 7) is 1.63. The Bertz CT molecular complexity index is 701. The number of nitrogens with zero attached hydrogens (tertiary/aromatic N) is 1. The zero-order valence-corrected chi connectivity index (χ0v) is 11.6. The van der Waals surface area contributed by atoms with Gasteiger partial charge in [-0.05, 0) is 19.1 Å². The van der Waals surface area contributed by atoms with Crippen LogP contribution in [0.15, 0.2) is 23.6 Å². The number of hydrogen-bond acceptors (Lipinski definition) is 5. The van der Waals surface area contributed by atoms with Crippen LogP contribution in [0.1, 0.15) is 38.8 Å². The minimum atomic E-state index is -1.15. The smallest absolute Gasteiger partial charge is 0.355 e. The molecule has 21 heavy (non-hydrogen) atoms. The first-order valence-electron chi connectivity index (χ1n) is 5.86. The quantitative estimate of drug-likeness (QED) is 0.803. The van der Waals surface area contributed by atoms with Gasteiger partial charge in [0.15, 0.2) is 5.69 Å². The van der Waals surface area contributed by atoms with Gasteiger partial charge in [-0.1, -0.05) is 0 Å². The van der Waals surface area contributed by atoms with Crippen LogP contribution in [0.3, 0.4) is 0 Å². The molecule has 0 saturated heterocycles. The lowest BCUT2D eigenvalue weighted by Crippen LogP contribution is -2.26. The molecule has 0 bridgehead atoms. The molecule has 110 valence electrons. The minimum absolute atomic E-state index is 0.0711. The predicted molar refractivity (Wildman–Crippen MR) is 73.0 cm³/mol. The van der Waals surface area contributed by atoms with Crippen molar-refractivity contribution in [2.75, 3.05) is 0 Å². The van der Waals surface area contributed by atoms with Crippen LogP contribution in [0.5, 0.6) is 5.75 Å². The molecule has 1 amide bonds. The number of aromatic hydroxyl groups is 1. The molecule has 1 aromatic heterocycles. The lowest BCUT2D eigenvalue weighted by Gasteiger charge is -2.12. The van der Waals surface area contributed by atoms with E-state index in [0.29, 0.717) is 5.01 Å². The Labute approximate surface area is 122 Å². The number of phenolic OH excluding ortho intramolecular Hbond substituents is 1. The van der Waals surface area contributed by atoms with E-state index in [-0.39, 0.29) is 11.3 Å². The highest BCUT2D eigenvalue weighted by molar-refractivity contribution is 7.09. The number of hydrogen-bond donors (Lipinski definition) is 3. The second kappa shape index (κ2) is 5.88. The second-order valence-corrected chi connectivity index (χ2v) is 5.12. The molecule has 0 aliphatic carbocycles. The van der Waals surface area contributed by atoms with E-state index in [1.807, 2.05) is 0 Å². The lowest BCUT2D eigenvalue weighted by atomic mass is 10.1. The Morgan fingerprint density at radius 3 is 2.71 bits per heavy atom. The molecule has 0 aliphatic heterocycles. The topological polar surface area (TPSA) is 99.5 Å². The average molecular weight is 310 g/mol. The third kappa shape index (κ3) is 3.34. The van der Waals surface area contributed by atoms with E-state index in [0.717, 1.165) is 29.5 Å². The summed E-state index contributed by atoms with van der Waals surface area (Å²) in [5, 5.41) is 22.7. The zero-order chi connectivity index (χ0) is 15.6. The minimum Gasteiger partial charge on any atom is -0.507 e. The van der Waals surface area contributed by atoms with Crippen molar-refractivity contribution < 1.29 is 24.2 Å². The number of halogens is 1. The molecule has 2 rings (SSSR count). The third-order valence-electron chi connectivity index (χ3n) is 2.66. The molecule has 1 unspecified atom stereocenters. The summed E-state index contributed by atoms with van der Waals surface area (Å²) in [6.07, 6.45) is 0. The Hall–Kier alpha value is -2.48. The monoisotopic (exact) mass is 310 g/mol. The van der Waals surface area contributed by atoms with Crippen LogP contribution >= 0.6 is 11.3 Å². The predicted octanol–water partition coefficient (Wildman–Crippen LogP) is 2.18. The van der Waals surface area contributed by atoms with Gasteiger partial charge in [0.2, 0.25) is 0 Å². The van der Waals surface area contributed by atoms with Crippen molar-refractivity contribution >= 4 is 23.2 Å². The number of carboxylic acids is 1. The SMILES string of the molecule is CC(NC(=O)c1ccc(F)cc1O)c1nc(C(=O)O)cs1. The summed E-state index contributed by atoms with van der Waals surface area (Å²) >= 11 is 1.10. The fourth-order valence-electron chi connectivity index (χ4n) is 1.62. The van der Waals surface area contributed by atoms with Crippen molar-refractivity contribution in [3.05, 3.63) is 45.7 Å². The summed E-state index contributed by atoms with van der Waals surface area (Å²) in [7, 11) is 0. The first kappa shape index (κ1) is 14.9. The summed E-state index contributed by atoms with van der Waals surface area (Å²) in [6, 6.07) is 2.52. The molecule has 0 aliphatic rings. The summed E-state index contributed by atoms with van der Waals surface area (Å²) in [5.74, 6) is -2.87. The Kier molecular flexibility index (Phi) is 4.18. The van der Waals surface area contributed by atoms with Crippen molar-refractivity contribution in [1.82, 2.24) is 10.3 Å². The zero-order valence-electron chi connectivity index (χ0n) is 10.8. The Balaban J connectivity index is 2.12. The van der Waals surface area contributed by atoms with Gasteiger partial charge in [-0.25, -0.2) is 14.2 Å². The largest absolute Gasteiger partial charge is 0.507 e. The number of carboxylic acid groups (broad SMARTS) is 1. The molecule has 1 aromatic carbocycles. The van der Waals surface area contributed by atoms with Crippen molar-refractivity contribution in [2.24, 2.45) is 0 Å². The van der Waals surface area contributed by atoms with Gasteiger partial charge in [0.05, 0.1) is 11.6 Å². The van der Waals surface area contributed by atoms with E-state index in [1.54, 1.807) is 6.92 Å². The molecule has 1 heterocycles. The van der Waals surface area contributed by atoms with E-state index < -0.39 is 29.5 Å². The number of phenols is 1. The molecule has 0 saturated carbocycles. The fraction of sp³-hybridized carbons (Fsp3) is 0.154. The highest BCUT2D eigenvalue weighted by Crippen LogP contribution is 2.21. The number of nitrogens with one attached hydrogen (secondary N) is 1. The van der Waals surface area contributed by atoms with E-state index in [2.05, 4.69) is 10.3 Å². The van der Waals surface area contributed by atoms with Gasteiger partial charge in [0, 0.05) is 11.4 Å². The summed E-state index contributed by atoms with van der Waals surface area (Å²) in [5.41, 5.74) is -0.168. The van der Waals surface area contributed by atoms with Crippen LogP contribution in [0.4, 0.5) is 4.39 Å². The first-order chi connectivity index (χ1) is 9.88. The number of aromatic nitrogens is 1. The van der Waals surface area contributed by atoms with Crippen LogP contribution in [0.2, 0.25) is 0 Å². The molecule has 8 heteroatoms. The molecule has 0 radical (unpaired) electrons. The maximum Gasteiger partial charge on any atom is 0.355 e. The van der Waals surface area contributed by atoms with E-state index in [9.17, 15) is 19.1 Å². The highest BCUT2D eigenvalue weighted by Gasteiger charge is 2.18. The number of carbonyl (C=O) groups excluding carboxylic acids is 1. The van der Waals surface area contributed by atoms with Gasteiger partial charge in [0.25, 0.3) is 5.91 Å². The Morgan fingerprint density at radius 1 is 1.43 bits per heavy atom. The molecule has 3 N–H and O–H groups in total. The molecule has 2 aromatic rings. The van der Waals surface area contributed by atoms with E-state index >= 15 is 0 Å². The maximum absolute atomic E-state index is 12.9. The number of benzene rings is 1. The molecule has 0 spiro atoms. The molecule has 6 nitrogen and oxygen atoms in total.